The van der Waals surface area contributed by atoms with E-state index in [1.165, 1.54) is 18.4 Å². The number of esters is 1. The van der Waals surface area contributed by atoms with Crippen molar-refractivity contribution in [2.24, 2.45) is 0 Å². The molecule has 0 atom stereocenters. The molecule has 0 aliphatic heterocycles. The number of nitrogens with zero attached hydrogens (tertiary/aromatic N) is 3. The molecule has 112 valence electrons. The Morgan fingerprint density at radius 3 is 2.91 bits per heavy atom. The van der Waals surface area contributed by atoms with Gasteiger partial charge in [0.05, 0.1) is 13.7 Å². The molecule has 0 unspecified atom stereocenters. The van der Waals surface area contributed by atoms with Crippen LogP contribution in [0.4, 0.5) is 0 Å². The summed E-state index contributed by atoms with van der Waals surface area (Å²) in [5, 5.41) is 0. The fraction of sp³-hybridized carbons (Fsp3) is 0.188. The van der Waals surface area contributed by atoms with Crippen LogP contribution in [0.1, 0.15) is 20.1 Å². The van der Waals surface area contributed by atoms with Gasteiger partial charge in [0.2, 0.25) is 0 Å². The number of rotatable bonds is 4. The Balaban J connectivity index is 1.91. The monoisotopic (exact) mass is 313 g/mol. The SMILES string of the molecule is COC(=O)c1cc(Cn2ccnc2-c2ccccn2)c(C)s1. The first-order chi connectivity index (χ1) is 10.7. The first-order valence-corrected chi connectivity index (χ1v) is 7.61. The predicted octanol–water partition coefficient (Wildman–Crippen LogP) is 3.15. The van der Waals surface area contributed by atoms with E-state index in [-0.39, 0.29) is 5.97 Å². The van der Waals surface area contributed by atoms with Gasteiger partial charge in [0.1, 0.15) is 10.6 Å². The summed E-state index contributed by atoms with van der Waals surface area (Å²) in [5.41, 5.74) is 1.91. The van der Waals surface area contributed by atoms with Crippen molar-refractivity contribution in [2.75, 3.05) is 7.11 Å². The quantitative estimate of drug-likeness (QED) is 0.694. The smallest absolute Gasteiger partial charge is 0.348 e. The predicted molar refractivity (Wildman–Crippen MR) is 85.0 cm³/mol. The molecule has 3 heterocycles. The van der Waals surface area contributed by atoms with Gasteiger partial charge in [0.15, 0.2) is 5.82 Å². The molecule has 22 heavy (non-hydrogen) atoms. The molecule has 5 nitrogen and oxygen atoms in total. The number of imidazole rings is 1. The summed E-state index contributed by atoms with van der Waals surface area (Å²) in [4.78, 5) is 22.1. The zero-order valence-corrected chi connectivity index (χ0v) is 13.1. The van der Waals surface area contributed by atoms with E-state index in [0.717, 1.165) is 22.0 Å². The van der Waals surface area contributed by atoms with Gasteiger partial charge >= 0.3 is 5.97 Å². The number of hydrogen-bond donors (Lipinski definition) is 0. The molecule has 0 amide bonds. The Labute approximate surface area is 132 Å². The van der Waals surface area contributed by atoms with Crippen molar-refractivity contribution in [3.63, 3.8) is 0 Å². The summed E-state index contributed by atoms with van der Waals surface area (Å²) >= 11 is 1.45. The third-order valence-electron chi connectivity index (χ3n) is 3.36. The number of thiophene rings is 1. The van der Waals surface area contributed by atoms with Gasteiger partial charge < -0.3 is 9.30 Å². The molecule has 0 aliphatic carbocycles. The normalized spacial score (nSPS) is 10.6. The molecule has 0 aliphatic rings. The lowest BCUT2D eigenvalue weighted by Gasteiger charge is -2.07. The summed E-state index contributed by atoms with van der Waals surface area (Å²) in [7, 11) is 1.39. The maximum absolute atomic E-state index is 11.6. The van der Waals surface area contributed by atoms with Crippen molar-refractivity contribution in [3.05, 3.63) is 58.2 Å². The molecule has 6 heteroatoms. The Morgan fingerprint density at radius 2 is 2.18 bits per heavy atom. The first kappa shape index (κ1) is 14.5. The van der Waals surface area contributed by atoms with Gasteiger partial charge in [-0.25, -0.2) is 9.78 Å². The lowest BCUT2D eigenvalue weighted by atomic mass is 10.2. The van der Waals surface area contributed by atoms with E-state index < -0.39 is 0 Å². The fourth-order valence-electron chi connectivity index (χ4n) is 2.23. The van der Waals surface area contributed by atoms with Crippen LogP contribution in [0.15, 0.2) is 42.9 Å². The summed E-state index contributed by atoms with van der Waals surface area (Å²) in [6.45, 7) is 2.65. The van der Waals surface area contributed by atoms with Gasteiger partial charge in [-0.05, 0) is 30.7 Å². The second kappa shape index (κ2) is 6.11. The number of ether oxygens (including phenoxy) is 1. The van der Waals surface area contributed by atoms with Crippen LogP contribution in [0.5, 0.6) is 0 Å². The van der Waals surface area contributed by atoms with E-state index >= 15 is 0 Å². The van der Waals surface area contributed by atoms with Crippen molar-refractivity contribution in [3.8, 4) is 11.5 Å². The van der Waals surface area contributed by atoms with Crippen LogP contribution in [0.2, 0.25) is 0 Å². The average molecular weight is 313 g/mol. The summed E-state index contributed by atoms with van der Waals surface area (Å²) in [6, 6.07) is 7.63. The second-order valence-corrected chi connectivity index (χ2v) is 6.03. The Morgan fingerprint density at radius 1 is 1.32 bits per heavy atom. The van der Waals surface area contributed by atoms with Crippen molar-refractivity contribution >= 4 is 17.3 Å². The average Bonchev–Trinajstić information content (AvgIpc) is 3.15. The molecule has 0 fully saturated rings. The molecule has 0 saturated heterocycles. The van der Waals surface area contributed by atoms with Gasteiger partial charge in [-0.3, -0.25) is 4.98 Å². The number of hydrogen-bond acceptors (Lipinski definition) is 5. The minimum absolute atomic E-state index is 0.296. The topological polar surface area (TPSA) is 57.0 Å². The molecule has 0 radical (unpaired) electrons. The van der Waals surface area contributed by atoms with Gasteiger partial charge in [0.25, 0.3) is 0 Å². The highest BCUT2D eigenvalue weighted by Crippen LogP contribution is 2.24. The van der Waals surface area contributed by atoms with E-state index in [0.29, 0.717) is 11.4 Å². The number of carbonyl (C=O) groups is 1. The van der Waals surface area contributed by atoms with Crippen LogP contribution in [0.25, 0.3) is 11.5 Å². The van der Waals surface area contributed by atoms with E-state index in [1.807, 2.05) is 42.0 Å². The Kier molecular flexibility index (Phi) is 4.02. The number of methoxy groups -OCH3 is 1. The van der Waals surface area contributed by atoms with Crippen LogP contribution < -0.4 is 0 Å². The third kappa shape index (κ3) is 2.78. The van der Waals surface area contributed by atoms with E-state index in [4.69, 9.17) is 4.74 Å². The highest BCUT2D eigenvalue weighted by molar-refractivity contribution is 7.14. The van der Waals surface area contributed by atoms with Crippen LogP contribution in [0, 0.1) is 6.92 Å². The van der Waals surface area contributed by atoms with Crippen molar-refractivity contribution < 1.29 is 9.53 Å². The molecule has 0 aromatic carbocycles. The first-order valence-electron chi connectivity index (χ1n) is 6.79. The lowest BCUT2D eigenvalue weighted by molar-refractivity contribution is 0.0606. The van der Waals surface area contributed by atoms with Crippen LogP contribution in [0.3, 0.4) is 0 Å². The lowest BCUT2D eigenvalue weighted by Crippen LogP contribution is -2.02. The van der Waals surface area contributed by atoms with Gasteiger partial charge in [-0.15, -0.1) is 11.3 Å². The minimum Gasteiger partial charge on any atom is -0.465 e. The maximum atomic E-state index is 11.6. The standard InChI is InChI=1S/C16H15N3O2S/c1-11-12(9-14(22-11)16(20)21-2)10-19-8-7-18-15(19)13-5-3-4-6-17-13/h3-9H,10H2,1-2H3. The zero-order valence-electron chi connectivity index (χ0n) is 12.3. The number of aryl methyl sites for hydroxylation is 1. The molecule has 0 spiro atoms. The summed E-state index contributed by atoms with van der Waals surface area (Å²) in [6.07, 6.45) is 5.42. The number of carbonyl (C=O) groups excluding carboxylic acids is 1. The zero-order chi connectivity index (χ0) is 15.5. The highest BCUT2D eigenvalue weighted by Gasteiger charge is 2.14. The van der Waals surface area contributed by atoms with E-state index in [1.54, 1.807) is 12.4 Å². The van der Waals surface area contributed by atoms with Crippen molar-refractivity contribution in [1.82, 2.24) is 14.5 Å². The summed E-state index contributed by atoms with van der Waals surface area (Å²) in [5.74, 6) is 0.515. The van der Waals surface area contributed by atoms with E-state index in [9.17, 15) is 4.79 Å². The van der Waals surface area contributed by atoms with Crippen molar-refractivity contribution in [1.29, 1.82) is 0 Å². The molecule has 0 saturated carbocycles. The minimum atomic E-state index is -0.296. The molecular weight excluding hydrogens is 298 g/mol. The summed E-state index contributed by atoms with van der Waals surface area (Å²) < 4.78 is 6.80. The number of pyridine rings is 1. The number of aromatic nitrogens is 3. The highest BCUT2D eigenvalue weighted by atomic mass is 32.1. The van der Waals surface area contributed by atoms with Crippen LogP contribution in [-0.2, 0) is 11.3 Å². The van der Waals surface area contributed by atoms with Gasteiger partial charge in [-0.1, -0.05) is 6.07 Å². The third-order valence-corrected chi connectivity index (χ3v) is 4.43. The molecular formula is C16H15N3O2S. The molecule has 3 aromatic rings. The van der Waals surface area contributed by atoms with Crippen LogP contribution in [-0.4, -0.2) is 27.6 Å². The fourth-order valence-corrected chi connectivity index (χ4v) is 3.18. The molecule has 3 aromatic heterocycles. The largest absolute Gasteiger partial charge is 0.465 e. The second-order valence-electron chi connectivity index (χ2n) is 4.78. The van der Waals surface area contributed by atoms with Crippen molar-refractivity contribution in [2.45, 2.75) is 13.5 Å². The maximum Gasteiger partial charge on any atom is 0.348 e. The molecule has 0 bridgehead atoms. The van der Waals surface area contributed by atoms with Crippen LogP contribution >= 0.6 is 11.3 Å². The molecule has 0 N–H and O–H groups in total. The van der Waals surface area contributed by atoms with Gasteiger partial charge in [-0.2, -0.15) is 0 Å². The molecule has 3 rings (SSSR count). The Bertz CT molecular complexity index is 793. The van der Waals surface area contributed by atoms with Gasteiger partial charge in [0, 0.05) is 23.5 Å². The Hall–Kier alpha value is -2.47. The van der Waals surface area contributed by atoms with E-state index in [2.05, 4.69) is 9.97 Å².